The standard InChI is InChI=1S/C30H30FN5O2S/c1-19-17-25(20(2)36(19)23-7-6-8-24(18-23)38-3)29-28(26-9-4-5-15-32-26)34-30(39)35(29)16-14-27(37)33-22-12-10-21(31)11-13-22/h4-13,15,17-18,28-29H,14,16H2,1-3H3,(H,33,37)(H,34,39)/t28-,29+/m0/s1. The first kappa shape index (κ1) is 26.4. The number of carbonyl (C=O) groups excluding carboxylic acids is 1. The van der Waals surface area contributed by atoms with Crippen molar-refractivity contribution in [2.75, 3.05) is 19.0 Å². The number of methoxy groups -OCH3 is 1. The number of ether oxygens (including phenoxy) is 1. The monoisotopic (exact) mass is 543 g/mol. The smallest absolute Gasteiger partial charge is 0.226 e. The number of pyridine rings is 1. The van der Waals surface area contributed by atoms with Crippen LogP contribution in [0.4, 0.5) is 10.1 Å². The normalized spacial score (nSPS) is 16.7. The summed E-state index contributed by atoms with van der Waals surface area (Å²) in [6, 6.07) is 21.3. The van der Waals surface area contributed by atoms with Gasteiger partial charge in [0.15, 0.2) is 5.11 Å². The zero-order valence-corrected chi connectivity index (χ0v) is 22.8. The lowest BCUT2D eigenvalue weighted by molar-refractivity contribution is -0.116. The van der Waals surface area contributed by atoms with Crippen LogP contribution >= 0.6 is 12.2 Å². The van der Waals surface area contributed by atoms with Crippen LogP contribution in [0.3, 0.4) is 0 Å². The van der Waals surface area contributed by atoms with Gasteiger partial charge in [0.05, 0.1) is 24.9 Å². The Morgan fingerprint density at radius 1 is 1.10 bits per heavy atom. The van der Waals surface area contributed by atoms with Crippen molar-refractivity contribution in [3.8, 4) is 11.4 Å². The van der Waals surface area contributed by atoms with Crippen LogP contribution in [0.15, 0.2) is 79.0 Å². The molecule has 2 N–H and O–H groups in total. The lowest BCUT2D eigenvalue weighted by atomic mass is 9.96. The fraction of sp³-hybridized carbons (Fsp3) is 0.233. The highest BCUT2D eigenvalue weighted by Crippen LogP contribution is 2.41. The molecule has 1 fully saturated rings. The van der Waals surface area contributed by atoms with Gasteiger partial charge in [-0.15, -0.1) is 0 Å². The Kier molecular flexibility index (Phi) is 7.60. The van der Waals surface area contributed by atoms with Gasteiger partial charge in [0, 0.05) is 48.0 Å². The Balaban J connectivity index is 1.47. The Bertz CT molecular complexity index is 1490. The predicted molar refractivity (Wildman–Crippen MR) is 154 cm³/mol. The van der Waals surface area contributed by atoms with Crippen LogP contribution in [0, 0.1) is 19.7 Å². The van der Waals surface area contributed by atoms with E-state index in [4.69, 9.17) is 17.0 Å². The van der Waals surface area contributed by atoms with Gasteiger partial charge in [0.25, 0.3) is 0 Å². The maximum absolute atomic E-state index is 13.3. The van der Waals surface area contributed by atoms with Crippen molar-refractivity contribution in [2.45, 2.75) is 32.4 Å². The fourth-order valence-electron chi connectivity index (χ4n) is 5.20. The molecular formula is C30H30FN5O2S. The van der Waals surface area contributed by atoms with Gasteiger partial charge in [-0.1, -0.05) is 12.1 Å². The van der Waals surface area contributed by atoms with E-state index in [2.05, 4.69) is 51.1 Å². The van der Waals surface area contributed by atoms with Crippen molar-refractivity contribution in [1.29, 1.82) is 0 Å². The summed E-state index contributed by atoms with van der Waals surface area (Å²) in [6.07, 6.45) is 1.98. The maximum atomic E-state index is 13.3. The van der Waals surface area contributed by atoms with Gasteiger partial charge in [-0.05, 0) is 86.2 Å². The number of nitrogens with one attached hydrogen (secondary N) is 2. The molecule has 0 bridgehead atoms. The first-order valence-corrected chi connectivity index (χ1v) is 13.1. The summed E-state index contributed by atoms with van der Waals surface area (Å²) in [6.45, 7) is 4.57. The number of benzene rings is 2. The van der Waals surface area contributed by atoms with E-state index in [1.165, 1.54) is 12.1 Å². The highest BCUT2D eigenvalue weighted by Gasteiger charge is 2.41. The Morgan fingerprint density at radius 2 is 1.90 bits per heavy atom. The van der Waals surface area contributed by atoms with Crippen molar-refractivity contribution < 1.29 is 13.9 Å². The lowest BCUT2D eigenvalue weighted by Crippen LogP contribution is -2.32. The van der Waals surface area contributed by atoms with Gasteiger partial charge in [0.1, 0.15) is 11.6 Å². The van der Waals surface area contributed by atoms with Crippen LogP contribution in [-0.4, -0.2) is 39.1 Å². The second kappa shape index (κ2) is 11.2. The molecule has 0 saturated carbocycles. The molecule has 9 heteroatoms. The van der Waals surface area contributed by atoms with Crippen LogP contribution in [0.5, 0.6) is 5.75 Å². The van der Waals surface area contributed by atoms with Gasteiger partial charge in [0.2, 0.25) is 5.91 Å². The van der Waals surface area contributed by atoms with E-state index >= 15 is 0 Å². The topological polar surface area (TPSA) is 71.4 Å². The van der Waals surface area contributed by atoms with E-state index in [1.54, 1.807) is 25.4 Å². The van der Waals surface area contributed by atoms with Crippen molar-refractivity contribution in [3.63, 3.8) is 0 Å². The molecule has 2 aromatic heterocycles. The lowest BCUT2D eigenvalue weighted by Gasteiger charge is -2.28. The average Bonchev–Trinajstić information content (AvgIpc) is 3.43. The number of nitrogens with zero attached hydrogens (tertiary/aromatic N) is 3. The molecule has 2 atom stereocenters. The van der Waals surface area contributed by atoms with Crippen LogP contribution in [0.2, 0.25) is 0 Å². The Hall–Kier alpha value is -4.24. The van der Waals surface area contributed by atoms with E-state index in [0.717, 1.165) is 34.1 Å². The number of amides is 1. The minimum atomic E-state index is -0.351. The Morgan fingerprint density at radius 3 is 2.62 bits per heavy atom. The van der Waals surface area contributed by atoms with E-state index in [0.29, 0.717) is 17.3 Å². The molecule has 1 saturated heterocycles. The first-order valence-electron chi connectivity index (χ1n) is 12.7. The summed E-state index contributed by atoms with van der Waals surface area (Å²) < 4.78 is 20.9. The molecular weight excluding hydrogens is 513 g/mol. The predicted octanol–water partition coefficient (Wildman–Crippen LogP) is 5.64. The molecule has 1 aliphatic heterocycles. The summed E-state index contributed by atoms with van der Waals surface area (Å²) >= 11 is 5.79. The number of anilines is 1. The molecule has 7 nitrogen and oxygen atoms in total. The van der Waals surface area contributed by atoms with E-state index in [9.17, 15) is 9.18 Å². The molecule has 5 rings (SSSR count). The number of aromatic nitrogens is 2. The van der Waals surface area contributed by atoms with Crippen LogP contribution in [0.25, 0.3) is 5.69 Å². The zero-order valence-electron chi connectivity index (χ0n) is 22.0. The molecule has 1 amide bonds. The van der Waals surface area contributed by atoms with Crippen molar-refractivity contribution in [3.05, 3.63) is 107 Å². The van der Waals surface area contributed by atoms with Gasteiger partial charge in [-0.25, -0.2) is 4.39 Å². The van der Waals surface area contributed by atoms with E-state index in [-0.39, 0.29) is 30.2 Å². The van der Waals surface area contributed by atoms with Crippen LogP contribution in [-0.2, 0) is 4.79 Å². The van der Waals surface area contributed by atoms with Gasteiger partial charge >= 0.3 is 0 Å². The average molecular weight is 544 g/mol. The number of hydrogen-bond donors (Lipinski definition) is 2. The SMILES string of the molecule is COc1cccc(-n2c(C)cc([C@@H]3[C@H](c4ccccn4)NC(=S)N3CCC(=O)Nc3ccc(F)cc3)c2C)c1. The van der Waals surface area contributed by atoms with Gasteiger partial charge in [-0.2, -0.15) is 0 Å². The molecule has 1 aliphatic rings. The Labute approximate surface area is 232 Å². The van der Waals surface area contributed by atoms with Gasteiger partial charge < -0.3 is 24.8 Å². The van der Waals surface area contributed by atoms with Crippen LogP contribution in [0.1, 0.15) is 41.1 Å². The molecule has 0 spiro atoms. The molecule has 0 radical (unpaired) electrons. The highest BCUT2D eigenvalue weighted by atomic mass is 32.1. The first-order chi connectivity index (χ1) is 18.9. The summed E-state index contributed by atoms with van der Waals surface area (Å²) in [5.41, 5.74) is 5.66. The summed E-state index contributed by atoms with van der Waals surface area (Å²) in [5.74, 6) is 0.258. The van der Waals surface area contributed by atoms with Crippen molar-refractivity contribution >= 4 is 28.9 Å². The molecule has 2 aromatic carbocycles. The highest BCUT2D eigenvalue weighted by molar-refractivity contribution is 7.80. The number of rotatable bonds is 8. The van der Waals surface area contributed by atoms with Crippen molar-refractivity contribution in [1.82, 2.24) is 19.8 Å². The molecule has 0 aliphatic carbocycles. The molecule has 39 heavy (non-hydrogen) atoms. The molecule has 0 unspecified atom stereocenters. The number of carbonyl (C=O) groups is 1. The zero-order chi connectivity index (χ0) is 27.5. The van der Waals surface area contributed by atoms with E-state index in [1.807, 2.05) is 36.4 Å². The summed E-state index contributed by atoms with van der Waals surface area (Å²) in [7, 11) is 1.66. The van der Waals surface area contributed by atoms with Crippen molar-refractivity contribution in [2.24, 2.45) is 0 Å². The third-order valence-corrected chi connectivity index (χ3v) is 7.36. The molecule has 4 aromatic rings. The second-order valence-electron chi connectivity index (χ2n) is 9.49. The third kappa shape index (κ3) is 5.49. The molecule has 3 heterocycles. The quantitative estimate of drug-likeness (QED) is 0.281. The minimum absolute atomic E-state index is 0.175. The second-order valence-corrected chi connectivity index (χ2v) is 9.88. The number of aryl methyl sites for hydroxylation is 1. The fourth-order valence-corrected chi connectivity index (χ4v) is 5.53. The van der Waals surface area contributed by atoms with Crippen LogP contribution < -0.4 is 15.4 Å². The largest absolute Gasteiger partial charge is 0.497 e. The minimum Gasteiger partial charge on any atom is -0.497 e. The molecule has 200 valence electrons. The summed E-state index contributed by atoms with van der Waals surface area (Å²) in [5, 5.41) is 6.86. The van der Waals surface area contributed by atoms with E-state index < -0.39 is 0 Å². The third-order valence-electron chi connectivity index (χ3n) is 7.01. The maximum Gasteiger partial charge on any atom is 0.226 e. The van der Waals surface area contributed by atoms with Gasteiger partial charge in [-0.3, -0.25) is 9.78 Å². The number of thiocarbonyl (C=S) groups is 1. The summed E-state index contributed by atoms with van der Waals surface area (Å²) in [4.78, 5) is 19.5. The number of hydrogen-bond acceptors (Lipinski definition) is 4. The number of halogens is 1.